The number of aliphatic hydroxyl groups excluding tert-OH is 1. The van der Waals surface area contributed by atoms with Crippen molar-refractivity contribution in [3.05, 3.63) is 42.1 Å². The number of aromatic nitrogens is 2. The molecule has 3 aliphatic rings. The summed E-state index contributed by atoms with van der Waals surface area (Å²) >= 11 is 0. The standard InChI is InChI=1S/C21H26N4O4/c26-13-18-15-9-14(17-3-1-4-20(27)25(17)18)10-23(11-15)21(28)19-6-5-16(29-19)12-24-8-2-7-22-24/h2,5-8,14-15,17-18,26H,1,3-4,9-13H2/t14-,15+,17+,18+/m1/s1. The molecular weight excluding hydrogens is 372 g/mol. The number of piperidine rings is 3. The zero-order valence-electron chi connectivity index (χ0n) is 16.3. The van der Waals surface area contributed by atoms with Gasteiger partial charge in [0.2, 0.25) is 5.91 Å². The lowest BCUT2D eigenvalue weighted by molar-refractivity contribution is -0.154. The van der Waals surface area contributed by atoms with Gasteiger partial charge >= 0.3 is 0 Å². The largest absolute Gasteiger partial charge is 0.454 e. The first-order valence-electron chi connectivity index (χ1n) is 10.4. The second kappa shape index (κ2) is 7.33. The van der Waals surface area contributed by atoms with Crippen LogP contribution in [0.25, 0.3) is 0 Å². The fraction of sp³-hybridized carbons (Fsp3) is 0.571. The van der Waals surface area contributed by atoms with Crippen molar-refractivity contribution in [2.45, 2.75) is 44.3 Å². The van der Waals surface area contributed by atoms with E-state index in [9.17, 15) is 14.7 Å². The molecule has 29 heavy (non-hydrogen) atoms. The van der Waals surface area contributed by atoms with Crippen molar-refractivity contribution >= 4 is 11.8 Å². The molecule has 1 N–H and O–H groups in total. The molecule has 8 heteroatoms. The summed E-state index contributed by atoms with van der Waals surface area (Å²) in [5.41, 5.74) is 0. The van der Waals surface area contributed by atoms with Crippen molar-refractivity contribution in [3.63, 3.8) is 0 Å². The van der Waals surface area contributed by atoms with Crippen molar-refractivity contribution in [1.82, 2.24) is 19.6 Å². The Morgan fingerprint density at radius 2 is 2.14 bits per heavy atom. The zero-order chi connectivity index (χ0) is 20.0. The highest BCUT2D eigenvalue weighted by atomic mass is 16.4. The zero-order valence-corrected chi connectivity index (χ0v) is 16.3. The monoisotopic (exact) mass is 398 g/mol. The van der Waals surface area contributed by atoms with Gasteiger partial charge in [-0.1, -0.05) is 0 Å². The van der Waals surface area contributed by atoms with Crippen molar-refractivity contribution in [3.8, 4) is 0 Å². The minimum absolute atomic E-state index is 0.0452. The molecule has 2 bridgehead atoms. The predicted molar refractivity (Wildman–Crippen MR) is 103 cm³/mol. The maximum absolute atomic E-state index is 13.1. The van der Waals surface area contributed by atoms with Crippen LogP contribution in [-0.2, 0) is 11.3 Å². The van der Waals surface area contributed by atoms with Crippen LogP contribution in [0.2, 0.25) is 0 Å². The third-order valence-electron chi connectivity index (χ3n) is 6.72. The molecule has 4 atom stereocenters. The van der Waals surface area contributed by atoms with Gasteiger partial charge in [0.25, 0.3) is 5.91 Å². The van der Waals surface area contributed by atoms with Gasteiger partial charge in [-0.15, -0.1) is 0 Å². The Labute approximate surface area is 169 Å². The van der Waals surface area contributed by atoms with E-state index in [1.54, 1.807) is 16.9 Å². The van der Waals surface area contributed by atoms with Crippen LogP contribution in [-0.4, -0.2) is 68.3 Å². The lowest BCUT2D eigenvalue weighted by Crippen LogP contribution is -2.66. The second-order valence-corrected chi connectivity index (χ2v) is 8.45. The van der Waals surface area contributed by atoms with Crippen LogP contribution in [0.1, 0.15) is 42.0 Å². The van der Waals surface area contributed by atoms with E-state index in [0.717, 1.165) is 19.3 Å². The summed E-state index contributed by atoms with van der Waals surface area (Å²) in [5.74, 6) is 1.45. The summed E-state index contributed by atoms with van der Waals surface area (Å²) in [7, 11) is 0. The van der Waals surface area contributed by atoms with E-state index in [2.05, 4.69) is 5.10 Å². The molecule has 0 radical (unpaired) electrons. The lowest BCUT2D eigenvalue weighted by atomic mass is 9.72. The normalized spacial score (nSPS) is 29.1. The topological polar surface area (TPSA) is 91.8 Å². The Bertz CT molecular complexity index is 878. The molecule has 5 heterocycles. The number of fused-ring (bicyclic) bond motifs is 4. The van der Waals surface area contributed by atoms with E-state index in [1.165, 1.54) is 0 Å². The summed E-state index contributed by atoms with van der Waals surface area (Å²) in [6.07, 6.45) is 6.94. The SMILES string of the molecule is O=C(c1ccc(Cn2cccn2)o1)N1C[C@H]2C[C@@H](C1)[C@H](CO)N1C(=O)CCC[C@@H]21. The molecule has 0 aliphatic carbocycles. The first kappa shape index (κ1) is 18.4. The average Bonchev–Trinajstić information content (AvgIpc) is 3.41. The number of likely N-dealkylation sites (tertiary alicyclic amines) is 1. The van der Waals surface area contributed by atoms with Gasteiger partial charge in [-0.25, -0.2) is 0 Å². The first-order chi connectivity index (χ1) is 14.1. The van der Waals surface area contributed by atoms with Crippen LogP contribution in [0.3, 0.4) is 0 Å². The Kier molecular flexibility index (Phi) is 4.66. The highest BCUT2D eigenvalue weighted by Gasteiger charge is 2.50. The van der Waals surface area contributed by atoms with E-state index in [1.807, 2.05) is 28.1 Å². The third kappa shape index (κ3) is 3.25. The number of furan rings is 1. The Hall–Kier alpha value is -2.61. The Balaban J connectivity index is 1.33. The molecular formula is C21H26N4O4. The average molecular weight is 398 g/mol. The number of hydrogen-bond acceptors (Lipinski definition) is 5. The lowest BCUT2D eigenvalue weighted by Gasteiger charge is -2.56. The van der Waals surface area contributed by atoms with Gasteiger partial charge in [0, 0.05) is 37.9 Å². The summed E-state index contributed by atoms with van der Waals surface area (Å²) in [5, 5.41) is 14.2. The summed E-state index contributed by atoms with van der Waals surface area (Å²) in [4.78, 5) is 29.4. The molecule has 2 aromatic heterocycles. The smallest absolute Gasteiger partial charge is 0.289 e. The predicted octanol–water partition coefficient (Wildman–Crippen LogP) is 1.36. The fourth-order valence-corrected chi connectivity index (χ4v) is 5.46. The van der Waals surface area contributed by atoms with E-state index < -0.39 is 0 Å². The minimum Gasteiger partial charge on any atom is -0.454 e. The Morgan fingerprint density at radius 3 is 2.93 bits per heavy atom. The number of rotatable bonds is 4. The van der Waals surface area contributed by atoms with Gasteiger partial charge in [-0.2, -0.15) is 5.10 Å². The van der Waals surface area contributed by atoms with E-state index in [4.69, 9.17) is 4.42 Å². The van der Waals surface area contributed by atoms with Crippen LogP contribution in [0, 0.1) is 11.8 Å². The maximum Gasteiger partial charge on any atom is 0.289 e. The molecule has 3 fully saturated rings. The van der Waals surface area contributed by atoms with Gasteiger partial charge in [-0.3, -0.25) is 14.3 Å². The second-order valence-electron chi connectivity index (χ2n) is 8.45. The summed E-state index contributed by atoms with van der Waals surface area (Å²) in [6.45, 7) is 1.62. The molecule has 0 spiro atoms. The van der Waals surface area contributed by atoms with Crippen LogP contribution in [0.4, 0.5) is 0 Å². The molecule has 5 rings (SSSR count). The maximum atomic E-state index is 13.1. The van der Waals surface area contributed by atoms with Crippen molar-refractivity contribution in [2.24, 2.45) is 11.8 Å². The number of carbonyl (C=O) groups excluding carboxylic acids is 2. The highest BCUT2D eigenvalue weighted by molar-refractivity contribution is 5.91. The van der Waals surface area contributed by atoms with Crippen LogP contribution in [0.15, 0.2) is 35.0 Å². The van der Waals surface area contributed by atoms with Gasteiger partial charge < -0.3 is 19.3 Å². The fourth-order valence-electron chi connectivity index (χ4n) is 5.46. The van der Waals surface area contributed by atoms with Crippen molar-refractivity contribution in [2.75, 3.05) is 19.7 Å². The van der Waals surface area contributed by atoms with E-state index in [0.29, 0.717) is 37.6 Å². The molecule has 3 saturated heterocycles. The number of carbonyl (C=O) groups is 2. The number of amides is 2. The molecule has 0 unspecified atom stereocenters. The summed E-state index contributed by atoms with van der Waals surface area (Å²) < 4.78 is 7.55. The van der Waals surface area contributed by atoms with Crippen LogP contribution in [0.5, 0.6) is 0 Å². The molecule has 8 nitrogen and oxygen atoms in total. The molecule has 154 valence electrons. The van der Waals surface area contributed by atoms with Crippen molar-refractivity contribution in [1.29, 1.82) is 0 Å². The minimum atomic E-state index is -0.188. The van der Waals surface area contributed by atoms with Crippen LogP contribution < -0.4 is 0 Å². The molecule has 0 saturated carbocycles. The van der Waals surface area contributed by atoms with Gasteiger partial charge in [-0.05, 0) is 49.3 Å². The van der Waals surface area contributed by atoms with Gasteiger partial charge in [0.1, 0.15) is 5.76 Å². The number of aliphatic hydroxyl groups is 1. The van der Waals surface area contributed by atoms with Gasteiger partial charge in [0.15, 0.2) is 5.76 Å². The first-order valence-corrected chi connectivity index (χ1v) is 10.4. The quantitative estimate of drug-likeness (QED) is 0.840. The molecule has 2 aromatic rings. The third-order valence-corrected chi connectivity index (χ3v) is 6.72. The molecule has 2 amide bonds. The Morgan fingerprint density at radius 1 is 1.28 bits per heavy atom. The van der Waals surface area contributed by atoms with Gasteiger partial charge in [0.05, 0.1) is 19.2 Å². The van der Waals surface area contributed by atoms with Crippen molar-refractivity contribution < 1.29 is 19.1 Å². The number of hydrogen-bond donors (Lipinski definition) is 1. The summed E-state index contributed by atoms with van der Waals surface area (Å²) in [6, 6.07) is 5.33. The van der Waals surface area contributed by atoms with Crippen LogP contribution >= 0.6 is 0 Å². The highest BCUT2D eigenvalue weighted by Crippen LogP contribution is 2.41. The van der Waals surface area contributed by atoms with E-state index in [-0.39, 0.29) is 42.3 Å². The molecule has 3 aliphatic heterocycles. The number of nitrogens with zero attached hydrogens (tertiary/aromatic N) is 4. The molecule has 0 aromatic carbocycles. The van der Waals surface area contributed by atoms with E-state index >= 15 is 0 Å².